The van der Waals surface area contributed by atoms with Crippen LogP contribution >= 0.6 is 39.7 Å². The van der Waals surface area contributed by atoms with Crippen LogP contribution < -0.4 is 5.19 Å². The molecule has 0 spiro atoms. The first-order valence-electron chi connectivity index (χ1n) is 14.1. The van der Waals surface area contributed by atoms with E-state index in [4.69, 9.17) is 17.0 Å². The Hall–Kier alpha value is -1.78. The van der Waals surface area contributed by atoms with E-state index >= 15 is 0 Å². The van der Waals surface area contributed by atoms with Crippen molar-refractivity contribution in [2.75, 3.05) is 0 Å². The average molecular weight is 706 g/mol. The quantitative estimate of drug-likeness (QED) is 0.154. The van der Waals surface area contributed by atoms with Gasteiger partial charge < -0.3 is 0 Å². The molecule has 0 saturated heterocycles. The number of fused-ring (bicyclic) bond motifs is 2. The molecular weight excluding hydrogens is 675 g/mol. The maximum atomic E-state index is 8.65. The van der Waals surface area contributed by atoms with E-state index in [1.54, 1.807) is 22.7 Å². The Kier molecular flexibility index (Phi) is 7.13. The third-order valence-electron chi connectivity index (χ3n) is 9.36. The summed E-state index contributed by atoms with van der Waals surface area (Å²) in [5.74, 6) is -1.90. The van der Waals surface area contributed by atoms with Crippen molar-refractivity contribution < 1.29 is 15.6 Å². The molecule has 0 bridgehead atoms. The fraction of sp³-hybridized carbons (Fsp3) is 0.143. The molecule has 0 fully saturated rings. The SMILES string of the molecule is CC1=Cc2c(-c3cccs3)cccc2[CH]1[Zr]([Cl])([Cl])([CH]1C(C)=Cc2c(-c3cccs3)cccc21)[SiH](C)c1ccccc1. The van der Waals surface area contributed by atoms with Gasteiger partial charge >= 0.3 is 262 Å². The molecule has 0 nitrogen and oxygen atoms in total. The standard InChI is InChI=1S/2C14H11S.C7H9Si.2ClH.Zr/c2*1-10-8-11-4-2-5-12(13(11)9-10)14-6-3-7-15-14;1-8-7-5-3-2-4-6-7;;;/h2*2-9H,1H3;2-6,8H,1H3;2*1H;/q;;;;;+2/p-2. The van der Waals surface area contributed by atoms with Crippen LogP contribution in [0.25, 0.3) is 33.0 Å². The molecule has 2 aliphatic carbocycles. The van der Waals surface area contributed by atoms with Gasteiger partial charge in [-0.2, -0.15) is 0 Å². The zero-order valence-corrected chi connectivity index (χ0v) is 30.0. The zero-order valence-electron chi connectivity index (χ0n) is 23.3. The van der Waals surface area contributed by atoms with Crippen LogP contribution in [0, 0.1) is 0 Å². The maximum absolute atomic E-state index is 8.65. The Morgan fingerprint density at radius 1 is 0.610 bits per heavy atom. The van der Waals surface area contributed by atoms with Gasteiger partial charge in [0.2, 0.25) is 0 Å². The summed E-state index contributed by atoms with van der Waals surface area (Å²) in [4.78, 5) is 2.59. The minimum atomic E-state index is -4.93. The number of thiophene rings is 2. The van der Waals surface area contributed by atoms with Gasteiger partial charge in [0.05, 0.1) is 0 Å². The second kappa shape index (κ2) is 10.4. The van der Waals surface area contributed by atoms with E-state index in [1.807, 2.05) is 0 Å². The monoisotopic (exact) mass is 703 g/mol. The Morgan fingerprint density at radius 3 is 1.54 bits per heavy atom. The molecule has 0 amide bonds. The van der Waals surface area contributed by atoms with E-state index in [1.165, 1.54) is 59.5 Å². The molecule has 205 valence electrons. The van der Waals surface area contributed by atoms with Crippen molar-refractivity contribution in [2.45, 2.75) is 27.6 Å². The van der Waals surface area contributed by atoms with Crippen LogP contribution in [0.2, 0.25) is 6.55 Å². The molecule has 3 unspecified atom stereocenters. The molecule has 3 atom stereocenters. The summed E-state index contributed by atoms with van der Waals surface area (Å²) in [6.45, 7) is 7.01. The van der Waals surface area contributed by atoms with E-state index < -0.39 is 21.5 Å². The third kappa shape index (κ3) is 4.28. The normalized spacial score (nSPS) is 19.6. The molecule has 0 aliphatic heterocycles. The predicted octanol–water partition coefficient (Wildman–Crippen LogP) is 11.0. The molecular formula is C35H31Cl2S2SiZr. The van der Waals surface area contributed by atoms with Crippen LogP contribution in [0.5, 0.6) is 0 Å². The van der Waals surface area contributed by atoms with Crippen molar-refractivity contribution in [1.82, 2.24) is 0 Å². The van der Waals surface area contributed by atoms with E-state index in [0.717, 1.165) is 0 Å². The van der Waals surface area contributed by atoms with Crippen molar-refractivity contribution in [3.05, 3.63) is 135 Å². The summed E-state index contributed by atoms with van der Waals surface area (Å²) in [6.07, 6.45) is 4.80. The van der Waals surface area contributed by atoms with Gasteiger partial charge in [0.1, 0.15) is 0 Å². The van der Waals surface area contributed by atoms with Crippen LogP contribution in [-0.2, 0) is 15.6 Å². The van der Waals surface area contributed by atoms with Gasteiger partial charge in [0.25, 0.3) is 0 Å². The molecule has 0 saturated carbocycles. The van der Waals surface area contributed by atoms with Gasteiger partial charge in [0.15, 0.2) is 0 Å². The molecule has 3 aromatic carbocycles. The molecule has 41 heavy (non-hydrogen) atoms. The van der Waals surface area contributed by atoms with Gasteiger partial charge in [-0.15, -0.1) is 0 Å². The Balaban J connectivity index is 1.49. The van der Waals surface area contributed by atoms with E-state index in [9.17, 15) is 0 Å². The van der Waals surface area contributed by atoms with Crippen LogP contribution in [0.1, 0.15) is 43.4 Å². The van der Waals surface area contributed by atoms with Crippen molar-refractivity contribution in [3.8, 4) is 20.9 Å². The van der Waals surface area contributed by atoms with Gasteiger partial charge in [-0.25, -0.2) is 0 Å². The van der Waals surface area contributed by atoms with Gasteiger partial charge in [-0.05, 0) is 0 Å². The molecule has 2 heterocycles. The zero-order chi connectivity index (χ0) is 28.4. The number of hydrogen-bond acceptors (Lipinski definition) is 2. The number of halogens is 2. The van der Waals surface area contributed by atoms with Gasteiger partial charge in [-0.1, -0.05) is 0 Å². The molecule has 2 aliphatic rings. The number of rotatable bonds is 6. The topological polar surface area (TPSA) is 0 Å². The Labute approximate surface area is 259 Å². The van der Waals surface area contributed by atoms with Gasteiger partial charge in [0, 0.05) is 0 Å². The predicted molar refractivity (Wildman–Crippen MR) is 183 cm³/mol. The fourth-order valence-corrected chi connectivity index (χ4v) is 51.3. The second-order valence-corrected chi connectivity index (χ2v) is 53.6. The van der Waals surface area contributed by atoms with Crippen LogP contribution in [0.3, 0.4) is 0 Å². The van der Waals surface area contributed by atoms with E-state index in [-0.39, 0.29) is 7.25 Å². The van der Waals surface area contributed by atoms with E-state index in [0.29, 0.717) is 0 Å². The van der Waals surface area contributed by atoms with Crippen molar-refractivity contribution in [1.29, 1.82) is 0 Å². The van der Waals surface area contributed by atoms with E-state index in [2.05, 4.69) is 134 Å². The Bertz CT molecular complexity index is 1710. The second-order valence-electron chi connectivity index (χ2n) is 11.6. The average Bonchev–Trinajstić information content (AvgIpc) is 3.78. The minimum absolute atomic E-state index is 0.0567. The number of hydrogen-bond donors (Lipinski definition) is 0. The first-order valence-corrected chi connectivity index (χ1v) is 31.6. The summed E-state index contributed by atoms with van der Waals surface area (Å²) in [5.41, 5.74) is 10.5. The summed E-state index contributed by atoms with van der Waals surface area (Å²) < 4.78 is 0.113. The first-order chi connectivity index (χ1) is 19.8. The molecule has 2 aromatic heterocycles. The van der Waals surface area contributed by atoms with Crippen molar-refractivity contribution in [2.24, 2.45) is 0 Å². The molecule has 0 N–H and O–H groups in total. The summed E-state index contributed by atoms with van der Waals surface area (Å²) in [7, 11) is 17.3. The number of allylic oxidation sites excluding steroid dienone is 2. The molecule has 0 radical (unpaired) electrons. The van der Waals surface area contributed by atoms with Gasteiger partial charge in [-0.3, -0.25) is 0 Å². The van der Waals surface area contributed by atoms with Crippen molar-refractivity contribution in [3.63, 3.8) is 0 Å². The van der Waals surface area contributed by atoms with Crippen LogP contribution in [0.15, 0.2) is 113 Å². The molecule has 6 heteroatoms. The first kappa shape index (κ1) is 28.0. The third-order valence-corrected chi connectivity index (χ3v) is 58.8. The summed E-state index contributed by atoms with van der Waals surface area (Å²) in [6, 6.07) is 33.2. The van der Waals surface area contributed by atoms with Crippen LogP contribution in [-0.4, -0.2) is 5.92 Å². The van der Waals surface area contributed by atoms with Crippen LogP contribution in [0.4, 0.5) is 0 Å². The molecule has 7 rings (SSSR count). The fourth-order valence-electron chi connectivity index (χ4n) is 7.59. The number of benzene rings is 3. The Morgan fingerprint density at radius 2 is 1.10 bits per heavy atom. The summed E-state index contributed by atoms with van der Waals surface area (Å²) >= 11 is -1.35. The van der Waals surface area contributed by atoms with Crippen molar-refractivity contribution >= 4 is 63.0 Å². The molecule has 5 aromatic rings. The summed E-state index contributed by atoms with van der Waals surface area (Å²) in [5, 5.41) is 5.69.